The molecule has 0 aliphatic carbocycles. The van der Waals surface area contributed by atoms with Crippen molar-refractivity contribution in [2.45, 2.75) is 58.4 Å². The van der Waals surface area contributed by atoms with Crippen LogP contribution >= 0.6 is 0 Å². The monoisotopic (exact) mass is 374 g/mol. The van der Waals surface area contributed by atoms with Crippen molar-refractivity contribution < 1.29 is 32.0 Å². The maximum Gasteiger partial charge on any atom is 0.494 e. The Morgan fingerprint density at radius 1 is 1.04 bits per heavy atom. The molecule has 0 N–H and O–H groups in total. The lowest BCUT2D eigenvalue weighted by atomic mass is 9.78. The van der Waals surface area contributed by atoms with Gasteiger partial charge in [0.25, 0.3) is 0 Å². The molecule has 2 rings (SSSR count). The van der Waals surface area contributed by atoms with E-state index < -0.39 is 31.1 Å². The maximum absolute atomic E-state index is 12.0. The van der Waals surface area contributed by atoms with Crippen LogP contribution in [0.1, 0.15) is 39.7 Å². The molecule has 1 aromatic rings. The van der Waals surface area contributed by atoms with Crippen molar-refractivity contribution in [1.82, 2.24) is 0 Å². The Bertz CT molecular complexity index is 601. The van der Waals surface area contributed by atoms with Gasteiger partial charge < -0.3 is 18.8 Å². The lowest BCUT2D eigenvalue weighted by Crippen LogP contribution is -2.41. The Morgan fingerprint density at radius 2 is 1.65 bits per heavy atom. The van der Waals surface area contributed by atoms with Gasteiger partial charge in [-0.2, -0.15) is 13.2 Å². The standard InChI is InChI=1S/C18H26BF3O4/c1-13-11-14(19-25-16(2,3)17(4,5)26-19)7-8-15(13)24-10-6-9-23-12-18(20,21)22/h7-8,11H,6,9-10,12H2,1-5H3. The number of hydrogen-bond donors (Lipinski definition) is 0. The average molecular weight is 374 g/mol. The third-order valence-corrected chi connectivity index (χ3v) is 4.68. The van der Waals surface area contributed by atoms with E-state index in [0.29, 0.717) is 12.2 Å². The van der Waals surface area contributed by atoms with Crippen LogP contribution in [0.5, 0.6) is 5.75 Å². The minimum Gasteiger partial charge on any atom is -0.493 e. The largest absolute Gasteiger partial charge is 0.494 e. The second-order valence-electron chi connectivity index (χ2n) is 7.48. The zero-order valence-electron chi connectivity index (χ0n) is 15.9. The van der Waals surface area contributed by atoms with E-state index in [2.05, 4.69) is 4.74 Å². The third kappa shape index (κ3) is 5.38. The van der Waals surface area contributed by atoms with Crippen LogP contribution in [0.3, 0.4) is 0 Å². The Labute approximate surface area is 153 Å². The number of ether oxygens (including phenoxy) is 2. The van der Waals surface area contributed by atoms with E-state index in [-0.39, 0.29) is 13.2 Å². The molecule has 8 heteroatoms. The predicted octanol–water partition coefficient (Wildman–Crippen LogP) is 3.64. The van der Waals surface area contributed by atoms with Gasteiger partial charge in [0.15, 0.2) is 0 Å². The Hall–Kier alpha value is -1.25. The molecule has 0 unspecified atom stereocenters. The summed E-state index contributed by atoms with van der Waals surface area (Å²) in [5.41, 5.74) is 1.00. The topological polar surface area (TPSA) is 36.9 Å². The summed E-state index contributed by atoms with van der Waals surface area (Å²) in [5.74, 6) is 0.682. The molecule has 0 saturated carbocycles. The van der Waals surface area contributed by atoms with Gasteiger partial charge in [-0.25, -0.2) is 0 Å². The molecule has 0 bridgehead atoms. The third-order valence-electron chi connectivity index (χ3n) is 4.68. The van der Waals surface area contributed by atoms with Crippen molar-refractivity contribution in [3.63, 3.8) is 0 Å². The van der Waals surface area contributed by atoms with Crippen LogP contribution in [-0.4, -0.2) is 44.3 Å². The molecule has 146 valence electrons. The summed E-state index contributed by atoms with van der Waals surface area (Å²) in [4.78, 5) is 0. The zero-order chi connectivity index (χ0) is 19.6. The number of alkyl halides is 3. The van der Waals surface area contributed by atoms with E-state index in [1.165, 1.54) is 0 Å². The van der Waals surface area contributed by atoms with Crippen LogP contribution in [0.2, 0.25) is 0 Å². The molecule has 0 aromatic heterocycles. The summed E-state index contributed by atoms with van der Waals surface area (Å²) in [6.07, 6.45) is -3.91. The molecule has 1 aliphatic heterocycles. The minimum absolute atomic E-state index is 0.00452. The normalized spacial score (nSPS) is 19.0. The lowest BCUT2D eigenvalue weighted by molar-refractivity contribution is -0.174. The fourth-order valence-electron chi connectivity index (χ4n) is 2.49. The van der Waals surface area contributed by atoms with E-state index in [1.807, 2.05) is 52.8 Å². The highest BCUT2D eigenvalue weighted by Gasteiger charge is 2.51. The van der Waals surface area contributed by atoms with Crippen molar-refractivity contribution in [3.05, 3.63) is 23.8 Å². The second-order valence-corrected chi connectivity index (χ2v) is 7.48. The number of aryl methyl sites for hydroxylation is 1. The molecule has 26 heavy (non-hydrogen) atoms. The number of rotatable bonds is 7. The molecule has 1 aromatic carbocycles. The molecule has 1 heterocycles. The average Bonchev–Trinajstić information content (AvgIpc) is 2.71. The summed E-state index contributed by atoms with van der Waals surface area (Å²) < 4.78 is 58.1. The van der Waals surface area contributed by atoms with Crippen molar-refractivity contribution in [1.29, 1.82) is 0 Å². The molecule has 0 atom stereocenters. The first kappa shape index (κ1) is 21.1. The fourth-order valence-corrected chi connectivity index (χ4v) is 2.49. The van der Waals surface area contributed by atoms with Crippen LogP contribution in [0.25, 0.3) is 0 Å². The second kappa shape index (κ2) is 7.78. The van der Waals surface area contributed by atoms with Gasteiger partial charge in [-0.3, -0.25) is 0 Å². The van der Waals surface area contributed by atoms with Gasteiger partial charge in [0.2, 0.25) is 0 Å². The van der Waals surface area contributed by atoms with Crippen LogP contribution in [0, 0.1) is 6.92 Å². The van der Waals surface area contributed by atoms with Gasteiger partial charge in [-0.1, -0.05) is 12.1 Å². The Balaban J connectivity index is 1.84. The Kier molecular flexibility index (Phi) is 6.30. The molecule has 0 radical (unpaired) electrons. The number of benzene rings is 1. The van der Waals surface area contributed by atoms with Crippen molar-refractivity contribution >= 4 is 12.6 Å². The number of halogens is 3. The highest BCUT2D eigenvalue weighted by molar-refractivity contribution is 6.62. The van der Waals surface area contributed by atoms with E-state index in [1.54, 1.807) is 0 Å². The van der Waals surface area contributed by atoms with Crippen LogP contribution in [0.4, 0.5) is 13.2 Å². The van der Waals surface area contributed by atoms with E-state index in [4.69, 9.17) is 14.0 Å². The summed E-state index contributed by atoms with van der Waals surface area (Å²) in [7, 11) is -0.441. The molecular weight excluding hydrogens is 348 g/mol. The van der Waals surface area contributed by atoms with Gasteiger partial charge in [0, 0.05) is 6.42 Å². The van der Waals surface area contributed by atoms with Gasteiger partial charge in [-0.05, 0) is 51.7 Å². The minimum atomic E-state index is -4.29. The molecule has 1 aliphatic rings. The van der Waals surface area contributed by atoms with Crippen molar-refractivity contribution in [2.75, 3.05) is 19.8 Å². The van der Waals surface area contributed by atoms with Crippen LogP contribution < -0.4 is 10.2 Å². The van der Waals surface area contributed by atoms with Gasteiger partial charge >= 0.3 is 13.3 Å². The molecule has 1 fully saturated rings. The van der Waals surface area contributed by atoms with Crippen molar-refractivity contribution in [2.24, 2.45) is 0 Å². The van der Waals surface area contributed by atoms with E-state index >= 15 is 0 Å². The number of hydrogen-bond acceptors (Lipinski definition) is 4. The fraction of sp³-hybridized carbons (Fsp3) is 0.667. The molecule has 1 saturated heterocycles. The lowest BCUT2D eigenvalue weighted by Gasteiger charge is -2.32. The quantitative estimate of drug-likeness (QED) is 0.540. The molecule has 0 spiro atoms. The summed E-state index contributed by atoms with van der Waals surface area (Å²) in [6, 6.07) is 5.65. The first-order valence-electron chi connectivity index (χ1n) is 8.65. The van der Waals surface area contributed by atoms with Crippen molar-refractivity contribution in [3.8, 4) is 5.75 Å². The summed E-state index contributed by atoms with van der Waals surface area (Å²) >= 11 is 0. The Morgan fingerprint density at radius 3 is 2.19 bits per heavy atom. The SMILES string of the molecule is Cc1cc(B2OC(C)(C)C(C)(C)O2)ccc1OCCCOCC(F)(F)F. The van der Waals surface area contributed by atoms with Gasteiger partial charge in [0.05, 0.1) is 24.4 Å². The first-order valence-corrected chi connectivity index (χ1v) is 8.65. The predicted molar refractivity (Wildman–Crippen MR) is 93.9 cm³/mol. The zero-order valence-corrected chi connectivity index (χ0v) is 15.9. The molecular formula is C18H26BF3O4. The van der Waals surface area contributed by atoms with E-state index in [0.717, 1.165) is 11.0 Å². The maximum atomic E-state index is 12.0. The first-order chi connectivity index (χ1) is 11.9. The molecule has 0 amide bonds. The highest BCUT2D eigenvalue weighted by atomic mass is 19.4. The summed E-state index contributed by atoms with van der Waals surface area (Å²) in [5, 5.41) is 0. The van der Waals surface area contributed by atoms with Crippen LogP contribution in [-0.2, 0) is 14.0 Å². The van der Waals surface area contributed by atoms with Crippen LogP contribution in [0.15, 0.2) is 18.2 Å². The summed E-state index contributed by atoms with van der Waals surface area (Å²) in [6.45, 7) is 8.96. The smallest absolute Gasteiger partial charge is 0.493 e. The molecule has 4 nitrogen and oxygen atoms in total. The highest BCUT2D eigenvalue weighted by Crippen LogP contribution is 2.36. The van der Waals surface area contributed by atoms with Gasteiger partial charge in [-0.15, -0.1) is 0 Å². The van der Waals surface area contributed by atoms with Gasteiger partial charge in [0.1, 0.15) is 12.4 Å². The van der Waals surface area contributed by atoms with E-state index in [9.17, 15) is 13.2 Å².